The van der Waals surface area contributed by atoms with Crippen molar-refractivity contribution in [3.8, 4) is 0 Å². The van der Waals surface area contributed by atoms with E-state index in [4.69, 9.17) is 4.74 Å². The second-order valence-electron chi connectivity index (χ2n) is 2.98. The molecule has 1 heterocycles. The van der Waals surface area contributed by atoms with Crippen molar-refractivity contribution in [2.75, 3.05) is 46.4 Å². The summed E-state index contributed by atoms with van der Waals surface area (Å²) in [6.07, 6.45) is 4.25. The van der Waals surface area contributed by atoms with Gasteiger partial charge in [-0.05, 0) is 0 Å². The first-order valence-electron chi connectivity index (χ1n) is 4.50. The highest BCUT2D eigenvalue weighted by Crippen LogP contribution is 1.91. The van der Waals surface area contributed by atoms with Gasteiger partial charge in [0.25, 0.3) is 0 Å². The van der Waals surface area contributed by atoms with E-state index in [1.54, 1.807) is 7.11 Å². The highest BCUT2D eigenvalue weighted by Gasteiger charge is 2.05. The normalized spacial score (nSPS) is 20.4. The predicted molar refractivity (Wildman–Crippen MR) is 50.3 cm³/mol. The Kier molecular flexibility index (Phi) is 4.99. The van der Waals surface area contributed by atoms with Gasteiger partial charge in [-0.25, -0.2) is 0 Å². The van der Waals surface area contributed by atoms with Crippen LogP contribution in [0.4, 0.5) is 0 Å². The Labute approximate surface area is 74.4 Å². The number of methoxy groups -OCH3 is 1. The second-order valence-corrected chi connectivity index (χ2v) is 2.98. The molecule has 0 spiro atoms. The summed E-state index contributed by atoms with van der Waals surface area (Å²) in [4.78, 5) is 2.43. The van der Waals surface area contributed by atoms with Gasteiger partial charge < -0.3 is 10.1 Å². The van der Waals surface area contributed by atoms with E-state index in [-0.39, 0.29) is 0 Å². The summed E-state index contributed by atoms with van der Waals surface area (Å²) < 4.78 is 4.91. The average molecular weight is 170 g/mol. The summed E-state index contributed by atoms with van der Waals surface area (Å²) in [5.74, 6) is 0. The van der Waals surface area contributed by atoms with E-state index < -0.39 is 0 Å². The molecular weight excluding hydrogens is 152 g/mol. The molecule has 0 radical (unpaired) electrons. The first kappa shape index (κ1) is 9.71. The molecule has 3 nitrogen and oxygen atoms in total. The monoisotopic (exact) mass is 170 g/mol. The largest absolute Gasteiger partial charge is 0.381 e. The molecule has 1 fully saturated rings. The van der Waals surface area contributed by atoms with Crippen molar-refractivity contribution < 1.29 is 4.74 Å². The third-order valence-corrected chi connectivity index (χ3v) is 2.00. The van der Waals surface area contributed by atoms with E-state index in [2.05, 4.69) is 22.4 Å². The molecule has 1 saturated heterocycles. The third kappa shape index (κ3) is 3.85. The van der Waals surface area contributed by atoms with Crippen molar-refractivity contribution in [3.05, 3.63) is 12.2 Å². The van der Waals surface area contributed by atoms with E-state index in [0.29, 0.717) is 0 Å². The van der Waals surface area contributed by atoms with E-state index in [1.165, 1.54) is 0 Å². The fraction of sp³-hybridized carbons (Fsp3) is 0.778. The van der Waals surface area contributed by atoms with Crippen molar-refractivity contribution in [1.82, 2.24) is 10.2 Å². The van der Waals surface area contributed by atoms with Crippen molar-refractivity contribution in [2.24, 2.45) is 0 Å². The average Bonchev–Trinajstić information content (AvgIpc) is 2.14. The van der Waals surface area contributed by atoms with Gasteiger partial charge >= 0.3 is 0 Å². The van der Waals surface area contributed by atoms with Crippen LogP contribution in [0.1, 0.15) is 0 Å². The summed E-state index contributed by atoms with van der Waals surface area (Å²) in [5, 5.41) is 3.33. The molecule has 0 bridgehead atoms. The maximum absolute atomic E-state index is 4.91. The first-order valence-corrected chi connectivity index (χ1v) is 4.50. The van der Waals surface area contributed by atoms with Crippen molar-refractivity contribution in [1.29, 1.82) is 0 Å². The van der Waals surface area contributed by atoms with Crippen LogP contribution in [0.2, 0.25) is 0 Å². The lowest BCUT2D eigenvalue weighted by molar-refractivity contribution is 0.232. The Bertz CT molecular complexity index is 130. The van der Waals surface area contributed by atoms with Gasteiger partial charge in [-0.1, -0.05) is 12.2 Å². The molecule has 0 atom stereocenters. The maximum atomic E-state index is 4.91. The van der Waals surface area contributed by atoms with Crippen LogP contribution in [0.3, 0.4) is 0 Å². The summed E-state index contributed by atoms with van der Waals surface area (Å²) >= 11 is 0. The van der Waals surface area contributed by atoms with E-state index in [1.807, 2.05) is 0 Å². The molecule has 0 unspecified atom stereocenters. The van der Waals surface area contributed by atoms with Crippen molar-refractivity contribution in [2.45, 2.75) is 0 Å². The number of piperazine rings is 1. The Hall–Kier alpha value is -0.380. The van der Waals surface area contributed by atoms with Crippen molar-refractivity contribution >= 4 is 0 Å². The van der Waals surface area contributed by atoms with Crippen molar-refractivity contribution in [3.63, 3.8) is 0 Å². The van der Waals surface area contributed by atoms with Crippen LogP contribution in [0.25, 0.3) is 0 Å². The quantitative estimate of drug-likeness (QED) is 0.605. The molecule has 1 aliphatic heterocycles. The standard InChI is InChI=1S/C9H18N2O/c1-12-9-3-2-6-11-7-4-10-5-8-11/h2-3,10H,4-9H2,1H3/b3-2+. The van der Waals surface area contributed by atoms with Crippen LogP contribution < -0.4 is 5.32 Å². The lowest BCUT2D eigenvalue weighted by Gasteiger charge is -2.25. The topological polar surface area (TPSA) is 24.5 Å². The first-order chi connectivity index (χ1) is 5.93. The summed E-state index contributed by atoms with van der Waals surface area (Å²) in [5.41, 5.74) is 0. The van der Waals surface area contributed by atoms with Crippen LogP contribution >= 0.6 is 0 Å². The van der Waals surface area contributed by atoms with Gasteiger partial charge in [0, 0.05) is 39.8 Å². The minimum absolute atomic E-state index is 0.728. The highest BCUT2D eigenvalue weighted by atomic mass is 16.5. The van der Waals surface area contributed by atoms with Gasteiger partial charge in [0.2, 0.25) is 0 Å². The van der Waals surface area contributed by atoms with Gasteiger partial charge in [-0.15, -0.1) is 0 Å². The summed E-state index contributed by atoms with van der Waals surface area (Å²) in [6.45, 7) is 6.36. The van der Waals surface area contributed by atoms with E-state index in [9.17, 15) is 0 Å². The van der Waals surface area contributed by atoms with E-state index in [0.717, 1.165) is 39.3 Å². The lowest BCUT2D eigenvalue weighted by Crippen LogP contribution is -2.43. The Morgan fingerprint density at radius 1 is 1.33 bits per heavy atom. The molecule has 1 rings (SSSR count). The molecule has 0 aromatic heterocycles. The number of hydrogen-bond acceptors (Lipinski definition) is 3. The number of rotatable bonds is 4. The van der Waals surface area contributed by atoms with Crippen LogP contribution in [0.15, 0.2) is 12.2 Å². The minimum atomic E-state index is 0.728. The highest BCUT2D eigenvalue weighted by molar-refractivity contribution is 4.85. The molecule has 70 valence electrons. The van der Waals surface area contributed by atoms with Gasteiger partial charge in [0.1, 0.15) is 0 Å². The molecule has 1 N–H and O–H groups in total. The Morgan fingerprint density at radius 3 is 2.75 bits per heavy atom. The number of nitrogens with one attached hydrogen (secondary N) is 1. The molecule has 12 heavy (non-hydrogen) atoms. The molecule has 0 aliphatic carbocycles. The zero-order valence-electron chi connectivity index (χ0n) is 7.75. The smallest absolute Gasteiger partial charge is 0.0644 e. The second kappa shape index (κ2) is 6.17. The van der Waals surface area contributed by atoms with Crippen LogP contribution in [0.5, 0.6) is 0 Å². The minimum Gasteiger partial charge on any atom is -0.381 e. The van der Waals surface area contributed by atoms with E-state index >= 15 is 0 Å². The molecule has 3 heteroatoms. The number of ether oxygens (including phenoxy) is 1. The van der Waals surface area contributed by atoms with Gasteiger partial charge in [-0.3, -0.25) is 4.90 Å². The van der Waals surface area contributed by atoms with Crippen LogP contribution in [-0.4, -0.2) is 51.3 Å². The van der Waals surface area contributed by atoms with Gasteiger partial charge in [0.05, 0.1) is 6.61 Å². The van der Waals surface area contributed by atoms with Gasteiger partial charge in [-0.2, -0.15) is 0 Å². The maximum Gasteiger partial charge on any atom is 0.0644 e. The fourth-order valence-corrected chi connectivity index (χ4v) is 1.28. The summed E-state index contributed by atoms with van der Waals surface area (Å²) in [6, 6.07) is 0. The summed E-state index contributed by atoms with van der Waals surface area (Å²) in [7, 11) is 1.72. The molecule has 0 saturated carbocycles. The zero-order valence-corrected chi connectivity index (χ0v) is 7.75. The van der Waals surface area contributed by atoms with Crippen LogP contribution in [-0.2, 0) is 4.74 Å². The van der Waals surface area contributed by atoms with Crippen LogP contribution in [0, 0.1) is 0 Å². The predicted octanol–water partition coefficient (Wildman–Crippen LogP) is 0.0942. The SMILES string of the molecule is COC/C=C/CN1CCNCC1. The fourth-order valence-electron chi connectivity index (χ4n) is 1.28. The molecular formula is C9H18N2O. The third-order valence-electron chi connectivity index (χ3n) is 2.00. The zero-order chi connectivity index (χ0) is 8.65. The molecule has 1 aliphatic rings. The van der Waals surface area contributed by atoms with Gasteiger partial charge in [0.15, 0.2) is 0 Å². The molecule has 0 aromatic carbocycles. The Morgan fingerprint density at radius 2 is 2.08 bits per heavy atom. The number of hydrogen-bond donors (Lipinski definition) is 1. The Balaban J connectivity index is 2.04. The number of nitrogens with zero attached hydrogens (tertiary/aromatic N) is 1. The molecule has 0 aromatic rings. The lowest BCUT2D eigenvalue weighted by atomic mass is 10.3. The molecule has 0 amide bonds.